The molecule has 1 aromatic heterocycles. The number of rotatable bonds is 1. The lowest BCUT2D eigenvalue weighted by atomic mass is 9.78. The van der Waals surface area contributed by atoms with Crippen LogP contribution >= 0.6 is 23.4 Å². The summed E-state index contributed by atoms with van der Waals surface area (Å²) >= 11 is 7.81. The molecule has 24 heavy (non-hydrogen) atoms. The molecule has 1 aliphatic heterocycles. The molecule has 0 saturated carbocycles. The number of aryl methyl sites for hydroxylation is 1. The van der Waals surface area contributed by atoms with Gasteiger partial charge in [-0.25, -0.2) is 0 Å². The monoisotopic (exact) mass is 357 g/mol. The SMILES string of the molecule is C[C@]12N=C(N)SC[C@H]1CCCc1ccc(-c3cncc(Cl)c3)cc12. The molecule has 2 heterocycles. The number of benzene rings is 1. The fraction of sp³-hybridized carbons (Fsp3) is 0.368. The largest absolute Gasteiger partial charge is 0.379 e. The molecule has 0 fully saturated rings. The second kappa shape index (κ2) is 6.08. The van der Waals surface area contributed by atoms with Gasteiger partial charge in [-0.1, -0.05) is 35.5 Å². The maximum Gasteiger partial charge on any atom is 0.154 e. The van der Waals surface area contributed by atoms with Crippen molar-refractivity contribution in [2.24, 2.45) is 16.6 Å². The highest BCUT2D eigenvalue weighted by Crippen LogP contribution is 2.46. The van der Waals surface area contributed by atoms with Crippen molar-refractivity contribution in [1.29, 1.82) is 0 Å². The van der Waals surface area contributed by atoms with Crippen molar-refractivity contribution in [1.82, 2.24) is 4.98 Å². The van der Waals surface area contributed by atoms with Gasteiger partial charge in [0.25, 0.3) is 0 Å². The third kappa shape index (κ3) is 2.72. The van der Waals surface area contributed by atoms with E-state index in [0.29, 0.717) is 16.1 Å². The van der Waals surface area contributed by atoms with Gasteiger partial charge < -0.3 is 5.73 Å². The maximum absolute atomic E-state index is 6.12. The summed E-state index contributed by atoms with van der Waals surface area (Å²) in [6, 6.07) is 8.64. The van der Waals surface area contributed by atoms with E-state index in [2.05, 4.69) is 30.1 Å². The number of aromatic nitrogens is 1. The predicted molar refractivity (Wildman–Crippen MR) is 103 cm³/mol. The number of amidine groups is 1. The summed E-state index contributed by atoms with van der Waals surface area (Å²) in [5.41, 5.74) is 10.7. The second-order valence-corrected chi connectivity index (χ2v) is 8.24. The van der Waals surface area contributed by atoms with Crippen molar-refractivity contribution in [3.63, 3.8) is 0 Å². The van der Waals surface area contributed by atoms with Crippen LogP contribution in [0.15, 0.2) is 41.7 Å². The Balaban J connectivity index is 1.88. The van der Waals surface area contributed by atoms with Gasteiger partial charge >= 0.3 is 0 Å². The Labute approximate surface area is 151 Å². The van der Waals surface area contributed by atoms with E-state index in [0.717, 1.165) is 23.3 Å². The second-order valence-electron chi connectivity index (χ2n) is 6.76. The van der Waals surface area contributed by atoms with Crippen molar-refractivity contribution < 1.29 is 0 Å². The van der Waals surface area contributed by atoms with Gasteiger partial charge in [0.05, 0.1) is 10.6 Å². The number of hydrogen-bond acceptors (Lipinski definition) is 4. The Kier molecular flexibility index (Phi) is 4.05. The molecule has 4 rings (SSSR count). The summed E-state index contributed by atoms with van der Waals surface area (Å²) in [7, 11) is 0. The molecular weight excluding hydrogens is 338 g/mol. The normalized spacial score (nSPS) is 26.1. The van der Waals surface area contributed by atoms with E-state index in [-0.39, 0.29) is 5.54 Å². The molecule has 2 N–H and O–H groups in total. The average Bonchev–Trinajstić information content (AvgIpc) is 2.70. The number of fused-ring (bicyclic) bond motifs is 3. The summed E-state index contributed by atoms with van der Waals surface area (Å²) in [4.78, 5) is 9.12. The summed E-state index contributed by atoms with van der Waals surface area (Å²) in [6.45, 7) is 2.24. The van der Waals surface area contributed by atoms with E-state index >= 15 is 0 Å². The molecule has 3 nitrogen and oxygen atoms in total. The molecule has 0 amide bonds. The standard InChI is InChI=1S/C19H20ClN3S/c1-19-15(11-24-18(21)23-19)4-2-3-12-5-6-13(8-17(12)19)14-7-16(20)10-22-9-14/h5-10,15H,2-4,11H2,1H3,(H2,21,23)/t15-,19+/m1/s1. The van der Waals surface area contributed by atoms with Crippen LogP contribution in [0.1, 0.15) is 30.9 Å². The third-order valence-corrected chi connectivity index (χ3v) is 6.42. The van der Waals surface area contributed by atoms with E-state index in [9.17, 15) is 0 Å². The first-order valence-corrected chi connectivity index (χ1v) is 9.65. The lowest BCUT2D eigenvalue weighted by Crippen LogP contribution is -2.37. The Bertz CT molecular complexity index is 820. The topological polar surface area (TPSA) is 51.3 Å². The molecule has 1 aromatic carbocycles. The first-order valence-electron chi connectivity index (χ1n) is 8.29. The highest BCUT2D eigenvalue weighted by Gasteiger charge is 2.41. The molecule has 124 valence electrons. The molecule has 0 spiro atoms. The van der Waals surface area contributed by atoms with E-state index in [4.69, 9.17) is 22.3 Å². The van der Waals surface area contributed by atoms with Gasteiger partial charge in [0, 0.05) is 23.7 Å². The van der Waals surface area contributed by atoms with E-state index in [1.165, 1.54) is 24.0 Å². The van der Waals surface area contributed by atoms with Crippen LogP contribution in [0.25, 0.3) is 11.1 Å². The fourth-order valence-corrected chi connectivity index (χ4v) is 5.19. The number of nitrogens with two attached hydrogens (primary N) is 1. The Hall–Kier alpha value is -1.52. The molecular formula is C19H20ClN3S. The molecule has 2 aliphatic rings. The molecule has 0 unspecified atom stereocenters. The minimum absolute atomic E-state index is 0.233. The van der Waals surface area contributed by atoms with E-state index in [1.54, 1.807) is 18.0 Å². The molecule has 1 aliphatic carbocycles. The van der Waals surface area contributed by atoms with Crippen LogP contribution in [0.3, 0.4) is 0 Å². The number of aliphatic imine (C=N–C) groups is 1. The van der Waals surface area contributed by atoms with Crippen molar-refractivity contribution in [3.05, 3.63) is 52.8 Å². The summed E-state index contributed by atoms with van der Waals surface area (Å²) in [5.74, 6) is 1.58. The quantitative estimate of drug-likeness (QED) is 0.809. The van der Waals surface area contributed by atoms with Gasteiger partial charge in [-0.15, -0.1) is 0 Å². The van der Waals surface area contributed by atoms with Gasteiger partial charge in [-0.3, -0.25) is 9.98 Å². The van der Waals surface area contributed by atoms with Gasteiger partial charge in [0.2, 0.25) is 0 Å². The van der Waals surface area contributed by atoms with E-state index < -0.39 is 0 Å². The number of pyridine rings is 1. The lowest BCUT2D eigenvalue weighted by Gasteiger charge is -2.37. The van der Waals surface area contributed by atoms with Crippen LogP contribution in [0, 0.1) is 5.92 Å². The highest BCUT2D eigenvalue weighted by atomic mass is 35.5. The van der Waals surface area contributed by atoms with Crippen molar-refractivity contribution in [2.45, 2.75) is 31.7 Å². The van der Waals surface area contributed by atoms with E-state index in [1.807, 2.05) is 12.3 Å². The van der Waals surface area contributed by atoms with Gasteiger partial charge in [-0.2, -0.15) is 0 Å². The van der Waals surface area contributed by atoms with Crippen molar-refractivity contribution in [2.75, 3.05) is 5.75 Å². The summed E-state index contributed by atoms with van der Waals surface area (Å²) in [5, 5.41) is 1.36. The number of halogens is 1. The minimum atomic E-state index is -0.233. The molecule has 0 saturated heterocycles. The van der Waals surface area contributed by atoms with Crippen LogP contribution in [0.2, 0.25) is 5.02 Å². The van der Waals surface area contributed by atoms with Crippen LogP contribution < -0.4 is 5.73 Å². The van der Waals surface area contributed by atoms with Gasteiger partial charge in [0.15, 0.2) is 5.17 Å². The molecule has 0 bridgehead atoms. The first kappa shape index (κ1) is 16.0. The average molecular weight is 358 g/mol. The summed E-state index contributed by atoms with van der Waals surface area (Å²) < 4.78 is 0. The Morgan fingerprint density at radius 3 is 2.96 bits per heavy atom. The third-order valence-electron chi connectivity index (χ3n) is 5.26. The van der Waals surface area contributed by atoms with Crippen molar-refractivity contribution >= 4 is 28.5 Å². The predicted octanol–water partition coefficient (Wildman–Crippen LogP) is 4.63. The zero-order valence-corrected chi connectivity index (χ0v) is 15.2. The van der Waals surface area contributed by atoms with Gasteiger partial charge in [-0.05, 0) is 60.9 Å². The summed E-state index contributed by atoms with van der Waals surface area (Å²) in [6.07, 6.45) is 7.04. The number of nitrogens with zero attached hydrogens (tertiary/aromatic N) is 2. The fourth-order valence-electron chi connectivity index (χ4n) is 3.90. The van der Waals surface area contributed by atoms with Crippen LogP contribution in [0.4, 0.5) is 0 Å². The number of hydrogen-bond donors (Lipinski definition) is 1. The Morgan fingerprint density at radius 2 is 2.12 bits per heavy atom. The lowest BCUT2D eigenvalue weighted by molar-refractivity contribution is 0.317. The zero-order valence-electron chi connectivity index (χ0n) is 13.6. The zero-order chi connectivity index (χ0) is 16.7. The Morgan fingerprint density at radius 1 is 1.25 bits per heavy atom. The smallest absolute Gasteiger partial charge is 0.154 e. The molecule has 2 atom stereocenters. The van der Waals surface area contributed by atoms with Crippen molar-refractivity contribution in [3.8, 4) is 11.1 Å². The minimum Gasteiger partial charge on any atom is -0.379 e. The molecule has 0 radical (unpaired) electrons. The highest BCUT2D eigenvalue weighted by molar-refractivity contribution is 8.13. The maximum atomic E-state index is 6.12. The number of thioether (sulfide) groups is 1. The van der Waals surface area contributed by atoms with Gasteiger partial charge in [0.1, 0.15) is 0 Å². The molecule has 2 aromatic rings. The van der Waals surface area contributed by atoms with Crippen LogP contribution in [-0.2, 0) is 12.0 Å². The molecule has 5 heteroatoms. The van der Waals surface area contributed by atoms with Crippen LogP contribution in [-0.4, -0.2) is 15.9 Å². The first-order chi connectivity index (χ1) is 11.6. The van der Waals surface area contributed by atoms with Crippen LogP contribution in [0.5, 0.6) is 0 Å².